The number of carbonyl (C=O) groups is 1. The van der Waals surface area contributed by atoms with Crippen LogP contribution in [0.15, 0.2) is 42.5 Å². The summed E-state index contributed by atoms with van der Waals surface area (Å²) < 4.78 is 0. The molecule has 4 nitrogen and oxygen atoms in total. The molecule has 1 amide bonds. The fourth-order valence-electron chi connectivity index (χ4n) is 3.54. The highest BCUT2D eigenvalue weighted by atomic mass is 32.1. The van der Waals surface area contributed by atoms with Gasteiger partial charge in [-0.05, 0) is 23.3 Å². The van der Waals surface area contributed by atoms with Crippen molar-refractivity contribution in [2.24, 2.45) is 0 Å². The Hall–Kier alpha value is -2.24. The summed E-state index contributed by atoms with van der Waals surface area (Å²) in [6.45, 7) is 5.60. The topological polar surface area (TPSA) is 46.4 Å². The van der Waals surface area contributed by atoms with Crippen molar-refractivity contribution in [3.05, 3.63) is 58.6 Å². The van der Waals surface area contributed by atoms with Crippen LogP contribution in [0.3, 0.4) is 0 Å². The SMILES string of the molecule is CCC[NH+]1CCc2nc(NC(=O)c3cccc4ccccc34)sc2C1. The highest BCUT2D eigenvalue weighted by Gasteiger charge is 2.23. The molecule has 0 saturated carbocycles. The number of fused-ring (bicyclic) bond motifs is 2. The van der Waals surface area contributed by atoms with Gasteiger partial charge in [0.15, 0.2) is 5.13 Å². The average Bonchev–Trinajstić information content (AvgIpc) is 3.03. The minimum atomic E-state index is -0.0827. The molecule has 0 aliphatic carbocycles. The highest BCUT2D eigenvalue weighted by molar-refractivity contribution is 7.15. The number of nitrogens with one attached hydrogen (secondary N) is 2. The molecule has 25 heavy (non-hydrogen) atoms. The second kappa shape index (κ2) is 6.94. The standard InChI is InChI=1S/C20H21N3OS/c1-2-11-23-12-10-17-18(13-23)25-20(21-17)22-19(24)16-9-5-7-14-6-3-4-8-15(14)16/h3-9H,2,10-13H2,1H3,(H,21,22,24)/p+1. The van der Waals surface area contributed by atoms with Crippen LogP contribution in [0.1, 0.15) is 34.3 Å². The lowest BCUT2D eigenvalue weighted by atomic mass is 10.0. The Morgan fingerprint density at radius 2 is 2.08 bits per heavy atom. The third kappa shape index (κ3) is 3.30. The number of hydrogen-bond acceptors (Lipinski definition) is 3. The van der Waals surface area contributed by atoms with E-state index in [1.807, 2.05) is 42.5 Å². The molecular weight excluding hydrogens is 330 g/mol. The largest absolute Gasteiger partial charge is 0.330 e. The molecule has 2 heterocycles. The van der Waals surface area contributed by atoms with E-state index in [1.54, 1.807) is 16.2 Å². The maximum Gasteiger partial charge on any atom is 0.258 e. The van der Waals surface area contributed by atoms with Crippen molar-refractivity contribution >= 4 is 33.1 Å². The first kappa shape index (κ1) is 16.2. The second-order valence-electron chi connectivity index (χ2n) is 6.55. The molecule has 1 aliphatic heterocycles. The summed E-state index contributed by atoms with van der Waals surface area (Å²) in [7, 11) is 0. The van der Waals surface area contributed by atoms with Crippen LogP contribution in [0, 0.1) is 0 Å². The average molecular weight is 352 g/mol. The van der Waals surface area contributed by atoms with E-state index in [2.05, 4.69) is 17.2 Å². The number of quaternary nitrogens is 1. The molecule has 1 atom stereocenters. The summed E-state index contributed by atoms with van der Waals surface area (Å²) in [4.78, 5) is 20.4. The van der Waals surface area contributed by atoms with Gasteiger partial charge in [-0.15, -0.1) is 0 Å². The molecule has 128 valence electrons. The lowest BCUT2D eigenvalue weighted by Gasteiger charge is -2.22. The number of amides is 1. The molecule has 5 heteroatoms. The van der Waals surface area contributed by atoms with Crippen molar-refractivity contribution in [2.45, 2.75) is 26.3 Å². The molecule has 0 fully saturated rings. The van der Waals surface area contributed by atoms with Gasteiger partial charge in [0.05, 0.1) is 23.7 Å². The maximum atomic E-state index is 12.8. The zero-order valence-corrected chi connectivity index (χ0v) is 15.2. The third-order valence-electron chi connectivity index (χ3n) is 4.76. The van der Waals surface area contributed by atoms with E-state index in [0.29, 0.717) is 5.56 Å². The normalized spacial score (nSPS) is 16.6. The minimum Gasteiger partial charge on any atom is -0.330 e. The molecule has 0 radical (unpaired) electrons. The number of hydrogen-bond donors (Lipinski definition) is 2. The van der Waals surface area contributed by atoms with Gasteiger partial charge in [0.1, 0.15) is 6.54 Å². The van der Waals surface area contributed by atoms with Gasteiger partial charge < -0.3 is 4.90 Å². The van der Waals surface area contributed by atoms with Crippen molar-refractivity contribution in [1.29, 1.82) is 0 Å². The molecule has 2 aromatic carbocycles. The third-order valence-corrected chi connectivity index (χ3v) is 5.78. The van der Waals surface area contributed by atoms with Crippen LogP contribution in [0.2, 0.25) is 0 Å². The Labute approximate surface area is 151 Å². The Morgan fingerprint density at radius 1 is 1.24 bits per heavy atom. The van der Waals surface area contributed by atoms with E-state index in [9.17, 15) is 4.79 Å². The molecule has 4 rings (SSSR count). The fourth-order valence-corrected chi connectivity index (χ4v) is 4.61. The maximum absolute atomic E-state index is 12.8. The van der Waals surface area contributed by atoms with Gasteiger partial charge in [0.25, 0.3) is 5.91 Å². The van der Waals surface area contributed by atoms with Gasteiger partial charge in [-0.2, -0.15) is 0 Å². The lowest BCUT2D eigenvalue weighted by Crippen LogP contribution is -3.11. The van der Waals surface area contributed by atoms with Gasteiger partial charge in [-0.1, -0.05) is 54.7 Å². The summed E-state index contributed by atoms with van der Waals surface area (Å²) in [6, 6.07) is 13.8. The molecule has 0 bridgehead atoms. The van der Waals surface area contributed by atoms with E-state index in [0.717, 1.165) is 41.1 Å². The smallest absolute Gasteiger partial charge is 0.258 e. The number of nitrogens with zero attached hydrogens (tertiary/aromatic N) is 1. The van der Waals surface area contributed by atoms with Crippen molar-refractivity contribution in [1.82, 2.24) is 4.98 Å². The lowest BCUT2D eigenvalue weighted by molar-refractivity contribution is -0.915. The number of anilines is 1. The van der Waals surface area contributed by atoms with Crippen LogP contribution >= 0.6 is 11.3 Å². The van der Waals surface area contributed by atoms with Crippen molar-refractivity contribution in [3.63, 3.8) is 0 Å². The first-order valence-corrected chi connectivity index (χ1v) is 9.67. The monoisotopic (exact) mass is 352 g/mol. The predicted octanol–water partition coefficient (Wildman–Crippen LogP) is 2.90. The van der Waals surface area contributed by atoms with Crippen molar-refractivity contribution in [3.8, 4) is 0 Å². The van der Waals surface area contributed by atoms with Gasteiger partial charge >= 0.3 is 0 Å². The van der Waals surface area contributed by atoms with Crippen LogP contribution < -0.4 is 10.2 Å². The Kier molecular flexibility index (Phi) is 4.51. The minimum absolute atomic E-state index is 0.0827. The summed E-state index contributed by atoms with van der Waals surface area (Å²) in [5.74, 6) is -0.0827. The van der Waals surface area contributed by atoms with E-state index < -0.39 is 0 Å². The van der Waals surface area contributed by atoms with Gasteiger partial charge in [-0.3, -0.25) is 10.1 Å². The van der Waals surface area contributed by atoms with Crippen molar-refractivity contribution in [2.75, 3.05) is 18.4 Å². The molecule has 1 aromatic heterocycles. The predicted molar refractivity (Wildman–Crippen MR) is 102 cm³/mol. The molecule has 0 spiro atoms. The van der Waals surface area contributed by atoms with Gasteiger partial charge in [-0.25, -0.2) is 4.98 Å². The van der Waals surface area contributed by atoms with Crippen LogP contribution in [-0.2, 0) is 13.0 Å². The van der Waals surface area contributed by atoms with Gasteiger partial charge in [0.2, 0.25) is 0 Å². The quantitative estimate of drug-likeness (QED) is 0.758. The molecule has 3 aromatic rings. The summed E-state index contributed by atoms with van der Waals surface area (Å²) in [5.41, 5.74) is 1.86. The van der Waals surface area contributed by atoms with Crippen LogP contribution in [0.5, 0.6) is 0 Å². The summed E-state index contributed by atoms with van der Waals surface area (Å²) >= 11 is 1.63. The first-order chi connectivity index (χ1) is 12.2. The highest BCUT2D eigenvalue weighted by Crippen LogP contribution is 2.26. The van der Waals surface area contributed by atoms with Crippen LogP contribution in [-0.4, -0.2) is 24.0 Å². The second-order valence-corrected chi connectivity index (χ2v) is 7.63. The first-order valence-electron chi connectivity index (χ1n) is 8.86. The van der Waals surface area contributed by atoms with Crippen LogP contribution in [0.25, 0.3) is 10.8 Å². The van der Waals surface area contributed by atoms with E-state index in [4.69, 9.17) is 0 Å². The summed E-state index contributed by atoms with van der Waals surface area (Å²) in [6.07, 6.45) is 2.21. The van der Waals surface area contributed by atoms with Gasteiger partial charge in [0, 0.05) is 12.0 Å². The number of thiazole rings is 1. The fraction of sp³-hybridized carbons (Fsp3) is 0.300. The van der Waals surface area contributed by atoms with Crippen LogP contribution in [0.4, 0.5) is 5.13 Å². The van der Waals surface area contributed by atoms with Crippen molar-refractivity contribution < 1.29 is 9.69 Å². The zero-order chi connectivity index (χ0) is 17.2. The summed E-state index contributed by atoms with van der Waals surface area (Å²) in [5, 5.41) is 5.79. The molecule has 0 saturated heterocycles. The molecule has 1 unspecified atom stereocenters. The number of rotatable bonds is 4. The number of aromatic nitrogens is 1. The molecule has 1 aliphatic rings. The van der Waals surface area contributed by atoms with E-state index in [-0.39, 0.29) is 5.91 Å². The molecule has 2 N–H and O–H groups in total. The molecular formula is C20H22N3OS+. The Balaban J connectivity index is 1.56. The zero-order valence-electron chi connectivity index (χ0n) is 14.3. The van der Waals surface area contributed by atoms with E-state index in [1.165, 1.54) is 17.8 Å². The Bertz CT molecular complexity index is 913. The Morgan fingerprint density at radius 3 is 2.96 bits per heavy atom. The number of carbonyl (C=O) groups excluding carboxylic acids is 1. The number of benzene rings is 2. The van der Waals surface area contributed by atoms with E-state index >= 15 is 0 Å².